The lowest BCUT2D eigenvalue weighted by Gasteiger charge is -2.37. The molecule has 6 nitrogen and oxygen atoms in total. The molecule has 0 unspecified atom stereocenters. The van der Waals surface area contributed by atoms with Gasteiger partial charge in [-0.2, -0.15) is 10.5 Å². The molecule has 31 heavy (non-hydrogen) atoms. The molecule has 1 aliphatic heterocycles. The lowest BCUT2D eigenvalue weighted by atomic mass is 9.84. The molecular weight excluding hydrogens is 393 g/mol. The van der Waals surface area contributed by atoms with Gasteiger partial charge in [0.25, 0.3) is 0 Å². The van der Waals surface area contributed by atoms with Crippen molar-refractivity contribution in [2.45, 2.75) is 57.4 Å². The molecule has 1 aromatic rings. The molecule has 1 N–H and O–H groups in total. The minimum atomic E-state index is -0.460. The highest BCUT2D eigenvalue weighted by atomic mass is 19.1. The fraction of sp³-hybridized carbons (Fsp3) is 0.625. The molecule has 0 spiro atoms. The van der Waals surface area contributed by atoms with E-state index in [2.05, 4.69) is 21.2 Å². The zero-order valence-corrected chi connectivity index (χ0v) is 18.2. The van der Waals surface area contributed by atoms with Crippen LogP contribution in [0.2, 0.25) is 0 Å². The number of benzene rings is 1. The summed E-state index contributed by atoms with van der Waals surface area (Å²) in [6.07, 6.45) is 7.16. The maximum absolute atomic E-state index is 13.5. The van der Waals surface area contributed by atoms with Gasteiger partial charge in [-0.25, -0.2) is 4.39 Å². The van der Waals surface area contributed by atoms with E-state index in [1.54, 1.807) is 12.1 Å². The summed E-state index contributed by atoms with van der Waals surface area (Å²) in [5.74, 6) is 0.345. The van der Waals surface area contributed by atoms with Crippen LogP contribution in [0.4, 0.5) is 10.1 Å². The number of nitrogens with zero attached hydrogens (tertiary/aromatic N) is 4. The standard InChI is InChI=1S/C24H32FN5O/c25-23-9-8-22(17-20(23)18-27)30-15-13-29(14-16-30)12-10-19-4-6-21(7-5-19)28-24(31)3-1-2-11-26/h8-9,17,19,21H,1-7,10,12-16H2,(H,28,31). The van der Waals surface area contributed by atoms with Gasteiger partial charge in [-0.15, -0.1) is 0 Å². The van der Waals surface area contributed by atoms with E-state index >= 15 is 0 Å². The molecular formula is C24H32FN5O. The van der Waals surface area contributed by atoms with E-state index in [-0.39, 0.29) is 11.5 Å². The highest BCUT2D eigenvalue weighted by molar-refractivity contribution is 5.76. The van der Waals surface area contributed by atoms with Crippen molar-refractivity contribution < 1.29 is 9.18 Å². The van der Waals surface area contributed by atoms with Crippen molar-refractivity contribution in [2.75, 3.05) is 37.6 Å². The zero-order chi connectivity index (χ0) is 22.1. The number of nitriles is 2. The van der Waals surface area contributed by atoms with Gasteiger partial charge in [-0.3, -0.25) is 9.69 Å². The Morgan fingerprint density at radius 3 is 2.55 bits per heavy atom. The summed E-state index contributed by atoms with van der Waals surface area (Å²) >= 11 is 0. The first-order valence-electron chi connectivity index (χ1n) is 11.4. The summed E-state index contributed by atoms with van der Waals surface area (Å²) in [5, 5.41) is 20.7. The Morgan fingerprint density at radius 1 is 1.13 bits per heavy atom. The predicted molar refractivity (Wildman–Crippen MR) is 118 cm³/mol. The van der Waals surface area contributed by atoms with Gasteiger partial charge in [0, 0.05) is 50.7 Å². The number of nitrogens with one attached hydrogen (secondary N) is 1. The van der Waals surface area contributed by atoms with Crippen LogP contribution in [-0.2, 0) is 4.79 Å². The molecule has 1 saturated carbocycles. The van der Waals surface area contributed by atoms with Gasteiger partial charge in [0.1, 0.15) is 11.9 Å². The largest absolute Gasteiger partial charge is 0.369 e. The van der Waals surface area contributed by atoms with Crippen molar-refractivity contribution in [3.05, 3.63) is 29.6 Å². The van der Waals surface area contributed by atoms with E-state index in [4.69, 9.17) is 10.5 Å². The van der Waals surface area contributed by atoms with E-state index in [1.165, 1.54) is 12.5 Å². The highest BCUT2D eigenvalue weighted by Crippen LogP contribution is 2.27. The third kappa shape index (κ3) is 6.94. The molecule has 1 aliphatic carbocycles. The zero-order valence-electron chi connectivity index (χ0n) is 18.2. The van der Waals surface area contributed by atoms with Crippen LogP contribution < -0.4 is 10.2 Å². The van der Waals surface area contributed by atoms with Crippen molar-refractivity contribution in [3.63, 3.8) is 0 Å². The first kappa shape index (κ1) is 23.0. The molecule has 1 amide bonds. The molecule has 2 fully saturated rings. The van der Waals surface area contributed by atoms with Crippen LogP contribution in [0.1, 0.15) is 56.9 Å². The highest BCUT2D eigenvalue weighted by Gasteiger charge is 2.24. The maximum Gasteiger partial charge on any atom is 0.220 e. The van der Waals surface area contributed by atoms with Gasteiger partial charge in [0.15, 0.2) is 0 Å². The molecule has 1 aromatic carbocycles. The molecule has 0 radical (unpaired) electrons. The Hall–Kier alpha value is -2.64. The first-order valence-corrected chi connectivity index (χ1v) is 11.4. The van der Waals surface area contributed by atoms with Gasteiger partial charge in [0.05, 0.1) is 11.6 Å². The second-order valence-corrected chi connectivity index (χ2v) is 8.69. The van der Waals surface area contributed by atoms with Crippen molar-refractivity contribution in [3.8, 4) is 12.1 Å². The Kier molecular flexibility index (Phi) is 8.67. The van der Waals surface area contributed by atoms with E-state index in [1.807, 2.05) is 6.07 Å². The Bertz CT molecular complexity index is 814. The Balaban J connectivity index is 1.32. The summed E-state index contributed by atoms with van der Waals surface area (Å²) < 4.78 is 13.5. The second kappa shape index (κ2) is 11.7. The van der Waals surface area contributed by atoms with Crippen LogP contribution >= 0.6 is 0 Å². The monoisotopic (exact) mass is 425 g/mol. The summed E-state index contributed by atoms with van der Waals surface area (Å²) in [7, 11) is 0. The van der Waals surface area contributed by atoms with Crippen LogP contribution in [0, 0.1) is 34.4 Å². The minimum absolute atomic E-state index is 0.0830. The summed E-state index contributed by atoms with van der Waals surface area (Å²) in [4.78, 5) is 16.6. The van der Waals surface area contributed by atoms with Gasteiger partial charge < -0.3 is 10.2 Å². The smallest absolute Gasteiger partial charge is 0.220 e. The number of rotatable bonds is 8. The average Bonchev–Trinajstić information content (AvgIpc) is 2.79. The van der Waals surface area contributed by atoms with E-state index in [0.717, 1.165) is 70.0 Å². The normalized spacial score (nSPS) is 21.8. The second-order valence-electron chi connectivity index (χ2n) is 8.69. The Labute approximate surface area is 184 Å². The molecule has 3 rings (SSSR count). The lowest BCUT2D eigenvalue weighted by Crippen LogP contribution is -2.47. The minimum Gasteiger partial charge on any atom is -0.369 e. The SMILES string of the molecule is N#CCCCC(=O)NC1CCC(CCN2CCN(c3ccc(F)c(C#N)c3)CC2)CC1. The number of carbonyl (C=O) groups is 1. The van der Waals surface area contributed by atoms with Crippen LogP contribution in [0.5, 0.6) is 0 Å². The molecule has 166 valence electrons. The van der Waals surface area contributed by atoms with E-state index in [9.17, 15) is 9.18 Å². The average molecular weight is 426 g/mol. The number of hydrogen-bond donors (Lipinski definition) is 1. The number of unbranched alkanes of at least 4 members (excludes halogenated alkanes) is 1. The van der Waals surface area contributed by atoms with Gasteiger partial charge >= 0.3 is 0 Å². The van der Waals surface area contributed by atoms with Crippen LogP contribution in [0.3, 0.4) is 0 Å². The number of anilines is 1. The van der Waals surface area contributed by atoms with Gasteiger partial charge in [-0.1, -0.05) is 0 Å². The summed E-state index contributed by atoms with van der Waals surface area (Å²) in [6, 6.07) is 9.07. The van der Waals surface area contributed by atoms with E-state index < -0.39 is 5.82 Å². The van der Waals surface area contributed by atoms with Crippen molar-refractivity contribution in [2.24, 2.45) is 5.92 Å². The fourth-order valence-corrected chi connectivity index (χ4v) is 4.61. The maximum atomic E-state index is 13.5. The quantitative estimate of drug-likeness (QED) is 0.644. The summed E-state index contributed by atoms with van der Waals surface area (Å²) in [5.41, 5.74) is 1.03. The third-order valence-corrected chi connectivity index (χ3v) is 6.57. The van der Waals surface area contributed by atoms with Gasteiger partial charge in [-0.05, 0) is 69.2 Å². The Morgan fingerprint density at radius 2 is 1.87 bits per heavy atom. The molecule has 1 saturated heterocycles. The van der Waals surface area contributed by atoms with Crippen LogP contribution in [-0.4, -0.2) is 49.6 Å². The number of piperazine rings is 1. The van der Waals surface area contributed by atoms with Gasteiger partial charge in [0.2, 0.25) is 5.91 Å². The lowest BCUT2D eigenvalue weighted by molar-refractivity contribution is -0.122. The van der Waals surface area contributed by atoms with E-state index in [0.29, 0.717) is 25.3 Å². The molecule has 2 aliphatic rings. The number of hydrogen-bond acceptors (Lipinski definition) is 5. The topological polar surface area (TPSA) is 83.2 Å². The van der Waals surface area contributed by atoms with Crippen molar-refractivity contribution in [1.82, 2.24) is 10.2 Å². The predicted octanol–water partition coefficient (Wildman–Crippen LogP) is 3.58. The molecule has 0 bridgehead atoms. The molecule has 7 heteroatoms. The number of halogens is 1. The fourth-order valence-electron chi connectivity index (χ4n) is 4.61. The van der Waals surface area contributed by atoms with Crippen LogP contribution in [0.25, 0.3) is 0 Å². The summed E-state index contributed by atoms with van der Waals surface area (Å²) in [6.45, 7) is 4.83. The van der Waals surface area contributed by atoms with Crippen molar-refractivity contribution in [1.29, 1.82) is 10.5 Å². The number of amides is 1. The molecule has 0 aromatic heterocycles. The van der Waals surface area contributed by atoms with Crippen LogP contribution in [0.15, 0.2) is 18.2 Å². The molecule has 0 atom stereocenters. The first-order chi connectivity index (χ1) is 15.1. The number of carbonyl (C=O) groups excluding carboxylic acids is 1. The molecule has 1 heterocycles. The third-order valence-electron chi connectivity index (χ3n) is 6.57. The van der Waals surface area contributed by atoms with Crippen molar-refractivity contribution >= 4 is 11.6 Å².